The number of nitrogens with zero attached hydrogens (tertiary/aromatic N) is 1. The molecule has 0 aromatic rings. The molecular formula is C5H4N2O4. The van der Waals surface area contributed by atoms with Crippen molar-refractivity contribution < 1.29 is 19.2 Å². The van der Waals surface area contributed by atoms with Crippen LogP contribution in [0, 0.1) is 0 Å². The topological polar surface area (TPSA) is 83.6 Å². The number of ketones is 1. The Labute approximate surface area is 61.1 Å². The lowest BCUT2D eigenvalue weighted by atomic mass is 10.3. The van der Waals surface area contributed by atoms with Crippen molar-refractivity contribution in [2.45, 2.75) is 0 Å². The first-order valence-corrected chi connectivity index (χ1v) is 2.71. The molecule has 6 nitrogen and oxygen atoms in total. The number of carbonyl (C=O) groups is 4. The van der Waals surface area contributed by atoms with Gasteiger partial charge in [0, 0.05) is 7.05 Å². The zero-order valence-electron chi connectivity index (χ0n) is 5.58. The Bertz CT molecular complexity index is 270. The summed E-state index contributed by atoms with van der Waals surface area (Å²) in [4.78, 5) is 42.7. The maximum atomic E-state index is 10.6. The van der Waals surface area contributed by atoms with Gasteiger partial charge < -0.3 is 0 Å². The number of barbiturate groups is 1. The molecule has 1 aliphatic heterocycles. The molecule has 0 radical (unpaired) electrons. The highest BCUT2D eigenvalue weighted by molar-refractivity contribution is 6.66. The summed E-state index contributed by atoms with van der Waals surface area (Å²) in [5, 5.41) is 1.69. The lowest BCUT2D eigenvalue weighted by molar-refractivity contribution is -0.150. The summed E-state index contributed by atoms with van der Waals surface area (Å²) in [6.45, 7) is 0. The quantitative estimate of drug-likeness (QED) is 0.422. The van der Waals surface area contributed by atoms with Crippen LogP contribution in [0.5, 0.6) is 0 Å². The number of likely N-dealkylation sites (N-methyl/N-ethyl adjacent to an activating group) is 1. The van der Waals surface area contributed by atoms with Crippen LogP contribution in [0.15, 0.2) is 0 Å². The predicted octanol–water partition coefficient (Wildman–Crippen LogP) is -1.74. The van der Waals surface area contributed by atoms with Crippen molar-refractivity contribution in [1.29, 1.82) is 0 Å². The van der Waals surface area contributed by atoms with Crippen molar-refractivity contribution in [3.63, 3.8) is 0 Å². The summed E-state index contributed by atoms with van der Waals surface area (Å²) in [7, 11) is 1.11. The zero-order valence-corrected chi connectivity index (χ0v) is 5.58. The van der Waals surface area contributed by atoms with Gasteiger partial charge in [0.15, 0.2) is 0 Å². The van der Waals surface area contributed by atoms with Crippen molar-refractivity contribution in [1.82, 2.24) is 10.2 Å². The SMILES string of the molecule is CN1C(=O)NC(=O)C(=O)C1=O. The molecule has 1 rings (SSSR count). The first kappa shape index (κ1) is 7.39. The molecule has 58 valence electrons. The second-order valence-electron chi connectivity index (χ2n) is 1.95. The van der Waals surface area contributed by atoms with E-state index in [4.69, 9.17) is 0 Å². The minimum Gasteiger partial charge on any atom is -0.277 e. The Balaban J connectivity index is 2.96. The zero-order chi connectivity index (χ0) is 8.59. The summed E-state index contributed by atoms with van der Waals surface area (Å²) >= 11 is 0. The van der Waals surface area contributed by atoms with E-state index in [1.165, 1.54) is 0 Å². The molecule has 4 amide bonds. The summed E-state index contributed by atoms with van der Waals surface area (Å²) in [6.07, 6.45) is 0. The average molecular weight is 156 g/mol. The van der Waals surface area contributed by atoms with Crippen LogP contribution in [-0.4, -0.2) is 35.6 Å². The van der Waals surface area contributed by atoms with Crippen LogP contribution >= 0.6 is 0 Å². The molecule has 1 aliphatic rings. The Morgan fingerprint density at radius 2 is 1.73 bits per heavy atom. The van der Waals surface area contributed by atoms with Gasteiger partial charge >= 0.3 is 23.6 Å². The normalized spacial score (nSPS) is 18.8. The number of Topliss-reactive ketones (excluding diaryl/α,β-unsaturated/α-hetero) is 1. The number of urea groups is 1. The van der Waals surface area contributed by atoms with Gasteiger partial charge in [-0.05, 0) is 0 Å². The maximum absolute atomic E-state index is 10.6. The fourth-order valence-corrected chi connectivity index (χ4v) is 0.579. The molecule has 1 fully saturated rings. The van der Waals surface area contributed by atoms with E-state index < -0.39 is 23.6 Å². The number of hydrogen-bond acceptors (Lipinski definition) is 4. The fraction of sp³-hybridized carbons (Fsp3) is 0.200. The molecule has 0 saturated carbocycles. The van der Waals surface area contributed by atoms with Gasteiger partial charge in [0.2, 0.25) is 0 Å². The van der Waals surface area contributed by atoms with Crippen LogP contribution in [0.25, 0.3) is 0 Å². The average Bonchev–Trinajstić information content (AvgIpc) is 1.97. The molecule has 0 aromatic heterocycles. The number of rotatable bonds is 0. The molecule has 11 heavy (non-hydrogen) atoms. The molecule has 0 aliphatic carbocycles. The van der Waals surface area contributed by atoms with Gasteiger partial charge in [-0.1, -0.05) is 0 Å². The summed E-state index contributed by atoms with van der Waals surface area (Å²) < 4.78 is 0. The van der Waals surface area contributed by atoms with E-state index in [0.717, 1.165) is 7.05 Å². The standard InChI is InChI=1S/C5H4N2O4/c1-7-4(10)2(8)3(9)6-5(7)11/h1H3,(H,6,9,11). The van der Waals surface area contributed by atoms with Gasteiger partial charge in [0.1, 0.15) is 0 Å². The van der Waals surface area contributed by atoms with Crippen molar-refractivity contribution >= 4 is 23.6 Å². The molecule has 6 heteroatoms. The van der Waals surface area contributed by atoms with Crippen LogP contribution in [0.3, 0.4) is 0 Å². The number of amides is 4. The van der Waals surface area contributed by atoms with Crippen molar-refractivity contribution in [3.05, 3.63) is 0 Å². The molecule has 0 atom stereocenters. The van der Waals surface area contributed by atoms with Gasteiger partial charge in [0.25, 0.3) is 0 Å². The first-order chi connectivity index (χ1) is 5.04. The largest absolute Gasteiger partial charge is 0.331 e. The second kappa shape index (κ2) is 2.15. The van der Waals surface area contributed by atoms with E-state index in [0.29, 0.717) is 4.90 Å². The van der Waals surface area contributed by atoms with E-state index in [1.807, 2.05) is 0 Å². The second-order valence-corrected chi connectivity index (χ2v) is 1.95. The van der Waals surface area contributed by atoms with Crippen LogP contribution in [0.4, 0.5) is 4.79 Å². The fourth-order valence-electron chi connectivity index (χ4n) is 0.579. The van der Waals surface area contributed by atoms with Crippen LogP contribution in [0.2, 0.25) is 0 Å². The molecule has 1 saturated heterocycles. The van der Waals surface area contributed by atoms with Crippen LogP contribution in [0.1, 0.15) is 0 Å². The molecule has 0 spiro atoms. The Hall–Kier alpha value is -1.72. The Kier molecular flexibility index (Phi) is 1.45. The Morgan fingerprint density at radius 1 is 1.18 bits per heavy atom. The lowest BCUT2D eigenvalue weighted by Gasteiger charge is -2.18. The van der Waals surface area contributed by atoms with Crippen molar-refractivity contribution in [2.75, 3.05) is 7.05 Å². The molecule has 0 aromatic carbocycles. The van der Waals surface area contributed by atoms with Gasteiger partial charge in [0.05, 0.1) is 0 Å². The summed E-state index contributed by atoms with van der Waals surface area (Å²) in [5.74, 6) is -3.48. The van der Waals surface area contributed by atoms with E-state index in [-0.39, 0.29) is 0 Å². The molecule has 0 unspecified atom stereocenters. The minimum absolute atomic E-state index is 0.545. The maximum Gasteiger partial charge on any atom is 0.331 e. The van der Waals surface area contributed by atoms with Gasteiger partial charge in [-0.15, -0.1) is 0 Å². The third-order valence-corrected chi connectivity index (χ3v) is 1.23. The molecule has 1 heterocycles. The van der Waals surface area contributed by atoms with Gasteiger partial charge in [-0.25, -0.2) is 4.79 Å². The molecule has 0 bridgehead atoms. The highest BCUT2D eigenvalue weighted by Crippen LogP contribution is 1.94. The van der Waals surface area contributed by atoms with E-state index in [2.05, 4.69) is 0 Å². The number of imide groups is 2. The first-order valence-electron chi connectivity index (χ1n) is 2.71. The van der Waals surface area contributed by atoms with Crippen molar-refractivity contribution in [2.24, 2.45) is 0 Å². The highest BCUT2D eigenvalue weighted by Gasteiger charge is 2.36. The summed E-state index contributed by atoms with van der Waals surface area (Å²) in [6, 6.07) is -0.875. The molecule has 1 N–H and O–H groups in total. The lowest BCUT2D eigenvalue weighted by Crippen LogP contribution is -2.56. The number of carbonyl (C=O) groups excluding carboxylic acids is 4. The van der Waals surface area contributed by atoms with E-state index in [9.17, 15) is 19.2 Å². The van der Waals surface area contributed by atoms with Gasteiger partial charge in [-0.2, -0.15) is 0 Å². The monoisotopic (exact) mass is 156 g/mol. The summed E-state index contributed by atoms with van der Waals surface area (Å²) in [5.41, 5.74) is 0. The number of hydrogen-bond donors (Lipinski definition) is 1. The van der Waals surface area contributed by atoms with Crippen molar-refractivity contribution in [3.8, 4) is 0 Å². The number of nitrogens with one attached hydrogen (secondary N) is 1. The molecular weight excluding hydrogens is 152 g/mol. The van der Waals surface area contributed by atoms with Crippen LogP contribution in [-0.2, 0) is 14.4 Å². The Morgan fingerprint density at radius 3 is 2.27 bits per heavy atom. The third-order valence-electron chi connectivity index (χ3n) is 1.23. The minimum atomic E-state index is -1.22. The predicted molar refractivity (Wildman–Crippen MR) is 31.3 cm³/mol. The van der Waals surface area contributed by atoms with Gasteiger partial charge in [-0.3, -0.25) is 24.6 Å². The van der Waals surface area contributed by atoms with Crippen LogP contribution < -0.4 is 5.32 Å². The van der Waals surface area contributed by atoms with E-state index in [1.54, 1.807) is 5.32 Å². The smallest absolute Gasteiger partial charge is 0.277 e. The van der Waals surface area contributed by atoms with E-state index >= 15 is 0 Å². The third kappa shape index (κ3) is 0.977. The highest BCUT2D eigenvalue weighted by atomic mass is 16.2.